The Morgan fingerprint density at radius 2 is 1.81 bits per heavy atom. The van der Waals surface area contributed by atoms with Crippen LogP contribution in [0.4, 0.5) is 0 Å². The molecule has 4 unspecified atom stereocenters. The van der Waals surface area contributed by atoms with Crippen LogP contribution in [0, 0.1) is 34.5 Å². The van der Waals surface area contributed by atoms with Crippen molar-refractivity contribution in [3.05, 3.63) is 0 Å². The second-order valence-corrected chi connectivity index (χ2v) is 10.8. The van der Waals surface area contributed by atoms with Crippen molar-refractivity contribution in [3.63, 3.8) is 0 Å². The Bertz CT molecular complexity index is 577. The topological polar surface area (TPSA) is 45.1 Å². The molecule has 0 radical (unpaired) electrons. The van der Waals surface area contributed by atoms with Crippen LogP contribution in [0.1, 0.15) is 71.6 Å². The van der Waals surface area contributed by atoms with Gasteiger partial charge in [0.05, 0.1) is 11.8 Å². The van der Waals surface area contributed by atoms with E-state index in [1.165, 1.54) is 44.2 Å². The number of hydrogen-bond acceptors (Lipinski definition) is 4. The molecule has 4 rings (SSSR count). The first-order valence-electron chi connectivity index (χ1n) is 11.3. The van der Waals surface area contributed by atoms with Gasteiger partial charge in [0, 0.05) is 6.54 Å². The molecular formula is C23H40N2O2. The Hall–Kier alpha value is -0.610. The van der Waals surface area contributed by atoms with Crippen LogP contribution >= 0.6 is 0 Å². The SMILES string of the molecule is CN(C)CCON=C1CC[C@@]2(C)C(CCC3C2CC[C@@]2(C)C3CC[C@@H]2O)C1. The van der Waals surface area contributed by atoms with E-state index in [1.54, 1.807) is 0 Å². The maximum atomic E-state index is 10.6. The first-order chi connectivity index (χ1) is 12.8. The smallest absolute Gasteiger partial charge is 0.129 e. The van der Waals surface area contributed by atoms with Gasteiger partial charge in [0.1, 0.15) is 6.61 Å². The number of aliphatic hydroxyl groups excluding tert-OH is 1. The minimum Gasteiger partial charge on any atom is -0.394 e. The number of rotatable bonds is 4. The molecule has 4 heteroatoms. The Morgan fingerprint density at radius 1 is 1.04 bits per heavy atom. The highest BCUT2D eigenvalue weighted by atomic mass is 16.6. The fourth-order valence-corrected chi connectivity index (χ4v) is 7.48. The summed E-state index contributed by atoms with van der Waals surface area (Å²) in [5, 5.41) is 15.1. The van der Waals surface area contributed by atoms with Crippen molar-refractivity contribution < 1.29 is 9.94 Å². The molecule has 4 nitrogen and oxygen atoms in total. The number of likely N-dealkylation sites (N-methyl/N-ethyl adjacent to an activating group) is 1. The van der Waals surface area contributed by atoms with Crippen LogP contribution in [0.15, 0.2) is 5.16 Å². The van der Waals surface area contributed by atoms with Crippen molar-refractivity contribution in [2.45, 2.75) is 77.7 Å². The van der Waals surface area contributed by atoms with Gasteiger partial charge in [-0.2, -0.15) is 0 Å². The van der Waals surface area contributed by atoms with Crippen LogP contribution in [-0.4, -0.2) is 49.1 Å². The van der Waals surface area contributed by atoms with Crippen molar-refractivity contribution in [1.82, 2.24) is 4.90 Å². The summed E-state index contributed by atoms with van der Waals surface area (Å²) in [4.78, 5) is 7.74. The molecule has 7 atom stereocenters. The molecule has 0 aromatic heterocycles. The first kappa shape index (κ1) is 19.7. The summed E-state index contributed by atoms with van der Waals surface area (Å²) in [6, 6.07) is 0. The zero-order valence-corrected chi connectivity index (χ0v) is 17.9. The van der Waals surface area contributed by atoms with E-state index in [0.717, 1.165) is 49.5 Å². The molecule has 4 aliphatic carbocycles. The Morgan fingerprint density at radius 3 is 2.59 bits per heavy atom. The molecule has 0 aromatic carbocycles. The summed E-state index contributed by atoms with van der Waals surface area (Å²) in [5.74, 6) is 3.24. The van der Waals surface area contributed by atoms with Crippen LogP contribution in [0.25, 0.3) is 0 Å². The number of nitrogens with zero attached hydrogens (tertiary/aromatic N) is 2. The monoisotopic (exact) mass is 376 g/mol. The van der Waals surface area contributed by atoms with Gasteiger partial charge in [-0.25, -0.2) is 0 Å². The second-order valence-electron chi connectivity index (χ2n) is 10.8. The van der Waals surface area contributed by atoms with Gasteiger partial charge in [0.25, 0.3) is 0 Å². The zero-order chi connectivity index (χ0) is 19.2. The molecule has 0 saturated heterocycles. The van der Waals surface area contributed by atoms with E-state index in [0.29, 0.717) is 12.0 Å². The molecule has 0 bridgehead atoms. The van der Waals surface area contributed by atoms with Crippen molar-refractivity contribution in [1.29, 1.82) is 0 Å². The maximum Gasteiger partial charge on any atom is 0.129 e. The summed E-state index contributed by atoms with van der Waals surface area (Å²) in [5.41, 5.74) is 1.97. The third kappa shape index (κ3) is 3.35. The zero-order valence-electron chi connectivity index (χ0n) is 17.9. The lowest BCUT2D eigenvalue weighted by atomic mass is 9.45. The van der Waals surface area contributed by atoms with Crippen molar-refractivity contribution in [3.8, 4) is 0 Å². The van der Waals surface area contributed by atoms with Gasteiger partial charge < -0.3 is 14.8 Å². The lowest BCUT2D eigenvalue weighted by Crippen LogP contribution is -2.54. The van der Waals surface area contributed by atoms with Crippen molar-refractivity contribution in [2.75, 3.05) is 27.2 Å². The minimum absolute atomic E-state index is 0.0571. The summed E-state index contributed by atoms with van der Waals surface area (Å²) in [6.45, 7) is 6.59. The fraction of sp³-hybridized carbons (Fsp3) is 0.957. The van der Waals surface area contributed by atoms with E-state index in [9.17, 15) is 5.11 Å². The molecule has 0 aromatic rings. The molecule has 0 amide bonds. The predicted molar refractivity (Wildman–Crippen MR) is 110 cm³/mol. The summed E-state index contributed by atoms with van der Waals surface area (Å²) < 4.78 is 0. The van der Waals surface area contributed by atoms with Gasteiger partial charge >= 0.3 is 0 Å². The Labute approximate surface area is 165 Å². The number of oxime groups is 1. The summed E-state index contributed by atoms with van der Waals surface area (Å²) in [6.07, 6.45) is 11.0. The van der Waals surface area contributed by atoms with Crippen LogP contribution in [-0.2, 0) is 4.84 Å². The molecule has 4 saturated carbocycles. The van der Waals surface area contributed by atoms with Gasteiger partial charge in [-0.15, -0.1) is 0 Å². The number of fused-ring (bicyclic) bond motifs is 5. The Kier molecular flexibility index (Phi) is 5.35. The molecule has 0 aliphatic heterocycles. The molecule has 1 N–H and O–H groups in total. The summed E-state index contributed by atoms with van der Waals surface area (Å²) >= 11 is 0. The standard InChI is InChI=1S/C23H40N2O2/c1-22-11-9-17(24-27-14-13-25(3)4)15-16(22)5-6-18-19-7-8-21(26)23(19,2)12-10-20(18)22/h16,18-21,26H,5-15H2,1-4H3/t16?,18?,19?,20?,21-,22-,23-/m0/s1. The average molecular weight is 377 g/mol. The van der Waals surface area contributed by atoms with Crippen molar-refractivity contribution >= 4 is 5.71 Å². The molecular weight excluding hydrogens is 336 g/mol. The van der Waals surface area contributed by atoms with Gasteiger partial charge in [-0.3, -0.25) is 0 Å². The summed E-state index contributed by atoms with van der Waals surface area (Å²) in [7, 11) is 4.14. The number of aliphatic hydroxyl groups is 1. The lowest BCUT2D eigenvalue weighted by Gasteiger charge is -2.60. The third-order valence-corrected chi connectivity index (χ3v) is 9.27. The van der Waals surface area contributed by atoms with Gasteiger partial charge in [0.15, 0.2) is 0 Å². The highest BCUT2D eigenvalue weighted by Gasteiger charge is 2.59. The number of hydrogen-bond donors (Lipinski definition) is 1. The second kappa shape index (κ2) is 7.33. The van der Waals surface area contributed by atoms with E-state index >= 15 is 0 Å². The van der Waals surface area contributed by atoms with E-state index in [4.69, 9.17) is 4.84 Å². The average Bonchev–Trinajstić information content (AvgIpc) is 2.94. The maximum absolute atomic E-state index is 10.6. The molecule has 27 heavy (non-hydrogen) atoms. The molecule has 0 heterocycles. The Balaban J connectivity index is 1.43. The fourth-order valence-electron chi connectivity index (χ4n) is 7.48. The van der Waals surface area contributed by atoms with E-state index < -0.39 is 0 Å². The normalized spacial score (nSPS) is 48.2. The van der Waals surface area contributed by atoms with Crippen molar-refractivity contribution in [2.24, 2.45) is 39.7 Å². The van der Waals surface area contributed by atoms with E-state index in [2.05, 4.69) is 38.0 Å². The molecule has 4 aliphatic rings. The van der Waals surface area contributed by atoms with Crippen LogP contribution in [0.5, 0.6) is 0 Å². The van der Waals surface area contributed by atoms with Gasteiger partial charge in [0.2, 0.25) is 0 Å². The lowest BCUT2D eigenvalue weighted by molar-refractivity contribution is -0.112. The van der Waals surface area contributed by atoms with E-state index in [1.807, 2.05) is 0 Å². The molecule has 4 fully saturated rings. The molecule has 154 valence electrons. The first-order valence-corrected chi connectivity index (χ1v) is 11.3. The minimum atomic E-state index is -0.0571. The molecule has 0 spiro atoms. The highest BCUT2D eigenvalue weighted by Crippen LogP contribution is 2.65. The van der Waals surface area contributed by atoms with Crippen LogP contribution in [0.2, 0.25) is 0 Å². The van der Waals surface area contributed by atoms with Crippen LogP contribution in [0.3, 0.4) is 0 Å². The van der Waals surface area contributed by atoms with Crippen LogP contribution < -0.4 is 0 Å². The van der Waals surface area contributed by atoms with Gasteiger partial charge in [-0.1, -0.05) is 19.0 Å². The van der Waals surface area contributed by atoms with Gasteiger partial charge in [-0.05, 0) is 106 Å². The van der Waals surface area contributed by atoms with E-state index in [-0.39, 0.29) is 11.5 Å². The largest absolute Gasteiger partial charge is 0.394 e. The predicted octanol–water partition coefficient (Wildman–Crippen LogP) is 4.32. The third-order valence-electron chi connectivity index (χ3n) is 9.27. The quantitative estimate of drug-likeness (QED) is 0.587. The highest BCUT2D eigenvalue weighted by molar-refractivity contribution is 5.85.